The molecular formula is C18H22N2O. The van der Waals surface area contributed by atoms with Gasteiger partial charge in [-0.2, -0.15) is 5.10 Å². The molecule has 1 heterocycles. The SMILES string of the molecule is O=CCCn1nc(-c2ccccc2)c2c1CCCCCC2. The second-order valence-corrected chi connectivity index (χ2v) is 5.73. The van der Waals surface area contributed by atoms with Crippen molar-refractivity contribution < 1.29 is 4.79 Å². The van der Waals surface area contributed by atoms with Crippen molar-refractivity contribution in [3.05, 3.63) is 41.6 Å². The van der Waals surface area contributed by atoms with Gasteiger partial charge in [-0.05, 0) is 25.7 Å². The molecule has 0 saturated carbocycles. The monoisotopic (exact) mass is 282 g/mol. The summed E-state index contributed by atoms with van der Waals surface area (Å²) in [6, 6.07) is 10.4. The molecule has 0 bridgehead atoms. The number of aromatic nitrogens is 2. The lowest BCUT2D eigenvalue weighted by molar-refractivity contribution is -0.108. The van der Waals surface area contributed by atoms with Gasteiger partial charge in [0.2, 0.25) is 0 Å². The molecule has 110 valence electrons. The van der Waals surface area contributed by atoms with Gasteiger partial charge in [0.15, 0.2) is 0 Å². The lowest BCUT2D eigenvalue weighted by Gasteiger charge is -2.12. The molecule has 1 aliphatic rings. The maximum absolute atomic E-state index is 10.7. The molecule has 0 aliphatic heterocycles. The van der Waals surface area contributed by atoms with Crippen LogP contribution in [-0.4, -0.2) is 16.1 Å². The molecule has 0 N–H and O–H groups in total. The molecule has 3 heteroatoms. The number of aldehydes is 1. The minimum atomic E-state index is 0.544. The first-order valence-electron chi connectivity index (χ1n) is 7.98. The fourth-order valence-electron chi connectivity index (χ4n) is 3.21. The Morgan fingerprint density at radius 2 is 1.81 bits per heavy atom. The second kappa shape index (κ2) is 6.70. The van der Waals surface area contributed by atoms with E-state index in [0.717, 1.165) is 24.8 Å². The largest absolute Gasteiger partial charge is 0.303 e. The fraction of sp³-hybridized carbons (Fsp3) is 0.444. The highest BCUT2D eigenvalue weighted by Gasteiger charge is 2.19. The number of carbonyl (C=O) groups is 1. The first-order valence-corrected chi connectivity index (χ1v) is 7.98. The molecule has 0 radical (unpaired) electrons. The molecule has 1 aliphatic carbocycles. The van der Waals surface area contributed by atoms with Crippen LogP contribution in [0.5, 0.6) is 0 Å². The molecule has 0 amide bonds. The number of rotatable bonds is 4. The van der Waals surface area contributed by atoms with Crippen molar-refractivity contribution in [2.45, 2.75) is 51.5 Å². The Balaban J connectivity index is 2.04. The Labute approximate surface area is 126 Å². The van der Waals surface area contributed by atoms with E-state index >= 15 is 0 Å². The van der Waals surface area contributed by atoms with Crippen LogP contribution in [0.2, 0.25) is 0 Å². The van der Waals surface area contributed by atoms with Crippen molar-refractivity contribution in [2.24, 2.45) is 0 Å². The predicted molar refractivity (Wildman–Crippen MR) is 84.2 cm³/mol. The average Bonchev–Trinajstić information content (AvgIpc) is 2.82. The van der Waals surface area contributed by atoms with Crippen molar-refractivity contribution >= 4 is 6.29 Å². The number of aryl methyl sites for hydroxylation is 1. The number of hydrogen-bond donors (Lipinski definition) is 0. The maximum atomic E-state index is 10.7. The molecular weight excluding hydrogens is 260 g/mol. The normalized spacial score (nSPS) is 15.0. The minimum absolute atomic E-state index is 0.544. The molecule has 21 heavy (non-hydrogen) atoms. The van der Waals surface area contributed by atoms with Crippen molar-refractivity contribution in [3.63, 3.8) is 0 Å². The van der Waals surface area contributed by atoms with Gasteiger partial charge < -0.3 is 4.79 Å². The number of carbonyl (C=O) groups excluding carboxylic acids is 1. The Hall–Kier alpha value is -1.90. The van der Waals surface area contributed by atoms with Crippen molar-refractivity contribution in [2.75, 3.05) is 0 Å². The number of hydrogen-bond acceptors (Lipinski definition) is 2. The summed E-state index contributed by atoms with van der Waals surface area (Å²) >= 11 is 0. The Morgan fingerprint density at radius 3 is 2.57 bits per heavy atom. The highest BCUT2D eigenvalue weighted by Crippen LogP contribution is 2.30. The number of nitrogens with zero attached hydrogens (tertiary/aromatic N) is 2. The molecule has 0 spiro atoms. The van der Waals surface area contributed by atoms with E-state index in [2.05, 4.69) is 28.9 Å². The number of benzene rings is 1. The van der Waals surface area contributed by atoms with Gasteiger partial charge in [-0.15, -0.1) is 0 Å². The van der Waals surface area contributed by atoms with Gasteiger partial charge in [-0.3, -0.25) is 4.68 Å². The summed E-state index contributed by atoms with van der Waals surface area (Å²) in [6.45, 7) is 0.707. The lowest BCUT2D eigenvalue weighted by Crippen LogP contribution is -2.08. The summed E-state index contributed by atoms with van der Waals surface area (Å²) in [5, 5.41) is 4.84. The quantitative estimate of drug-likeness (QED) is 0.799. The van der Waals surface area contributed by atoms with Crippen LogP contribution in [0.4, 0.5) is 0 Å². The second-order valence-electron chi connectivity index (χ2n) is 5.73. The molecule has 0 unspecified atom stereocenters. The Bertz CT molecular complexity index is 601. The molecule has 0 atom stereocenters. The van der Waals surface area contributed by atoms with Gasteiger partial charge >= 0.3 is 0 Å². The third-order valence-corrected chi connectivity index (χ3v) is 4.26. The molecule has 1 aromatic heterocycles. The number of fused-ring (bicyclic) bond motifs is 1. The molecule has 3 rings (SSSR count). The zero-order valence-corrected chi connectivity index (χ0v) is 12.4. The summed E-state index contributed by atoms with van der Waals surface area (Å²) in [5.41, 5.74) is 5.08. The summed E-state index contributed by atoms with van der Waals surface area (Å²) in [7, 11) is 0. The van der Waals surface area contributed by atoms with Crippen LogP contribution in [0, 0.1) is 0 Å². The zero-order valence-electron chi connectivity index (χ0n) is 12.4. The summed E-state index contributed by atoms with van der Waals surface area (Å²) in [5.74, 6) is 0. The van der Waals surface area contributed by atoms with Crippen molar-refractivity contribution in [3.8, 4) is 11.3 Å². The summed E-state index contributed by atoms with van der Waals surface area (Å²) in [6.07, 6.45) is 8.82. The molecule has 1 aromatic carbocycles. The lowest BCUT2D eigenvalue weighted by atomic mass is 9.95. The van der Waals surface area contributed by atoms with Gasteiger partial charge in [0.05, 0.1) is 5.69 Å². The van der Waals surface area contributed by atoms with E-state index in [-0.39, 0.29) is 0 Å². The summed E-state index contributed by atoms with van der Waals surface area (Å²) in [4.78, 5) is 10.7. The van der Waals surface area contributed by atoms with E-state index in [0.29, 0.717) is 13.0 Å². The standard InChI is InChI=1S/C18H22N2O/c21-14-8-13-20-17-12-7-2-1-6-11-16(17)18(19-20)15-9-4-3-5-10-15/h3-5,9-10,14H,1-2,6-8,11-13H2. The van der Waals surface area contributed by atoms with Gasteiger partial charge in [0, 0.05) is 29.8 Å². The molecule has 3 nitrogen and oxygen atoms in total. The predicted octanol–water partition coefficient (Wildman–Crippen LogP) is 3.80. The van der Waals surface area contributed by atoms with Crippen LogP contribution >= 0.6 is 0 Å². The van der Waals surface area contributed by atoms with Crippen LogP contribution in [0.3, 0.4) is 0 Å². The van der Waals surface area contributed by atoms with E-state index in [1.165, 1.54) is 42.5 Å². The Morgan fingerprint density at radius 1 is 1.05 bits per heavy atom. The Kier molecular flexibility index (Phi) is 4.49. The smallest absolute Gasteiger partial charge is 0.121 e. The van der Waals surface area contributed by atoms with E-state index in [1.807, 2.05) is 6.07 Å². The third kappa shape index (κ3) is 3.07. The molecule has 0 fully saturated rings. The van der Waals surface area contributed by atoms with Crippen molar-refractivity contribution in [1.82, 2.24) is 9.78 Å². The fourth-order valence-corrected chi connectivity index (χ4v) is 3.21. The van der Waals surface area contributed by atoms with E-state index in [4.69, 9.17) is 5.10 Å². The van der Waals surface area contributed by atoms with Crippen LogP contribution in [0.25, 0.3) is 11.3 Å². The van der Waals surface area contributed by atoms with Gasteiger partial charge in [-0.1, -0.05) is 43.2 Å². The molecule has 0 saturated heterocycles. The van der Waals surface area contributed by atoms with Gasteiger partial charge in [-0.25, -0.2) is 0 Å². The topological polar surface area (TPSA) is 34.9 Å². The van der Waals surface area contributed by atoms with Crippen LogP contribution in [0.15, 0.2) is 30.3 Å². The highest BCUT2D eigenvalue weighted by molar-refractivity contribution is 5.64. The minimum Gasteiger partial charge on any atom is -0.303 e. The average molecular weight is 282 g/mol. The first-order chi connectivity index (χ1) is 10.4. The summed E-state index contributed by atoms with van der Waals surface area (Å²) < 4.78 is 2.08. The van der Waals surface area contributed by atoms with E-state index in [1.54, 1.807) is 0 Å². The highest BCUT2D eigenvalue weighted by atomic mass is 16.1. The van der Waals surface area contributed by atoms with Gasteiger partial charge in [0.25, 0.3) is 0 Å². The van der Waals surface area contributed by atoms with Crippen molar-refractivity contribution in [1.29, 1.82) is 0 Å². The van der Waals surface area contributed by atoms with Crippen LogP contribution in [0.1, 0.15) is 43.4 Å². The maximum Gasteiger partial charge on any atom is 0.121 e. The van der Waals surface area contributed by atoms with E-state index < -0.39 is 0 Å². The zero-order chi connectivity index (χ0) is 14.5. The van der Waals surface area contributed by atoms with Crippen LogP contribution in [-0.2, 0) is 24.2 Å². The van der Waals surface area contributed by atoms with Gasteiger partial charge in [0.1, 0.15) is 6.29 Å². The molecule has 2 aromatic rings. The third-order valence-electron chi connectivity index (χ3n) is 4.26. The van der Waals surface area contributed by atoms with E-state index in [9.17, 15) is 4.79 Å². The van der Waals surface area contributed by atoms with Crippen LogP contribution < -0.4 is 0 Å². The first kappa shape index (κ1) is 14.1.